The van der Waals surface area contributed by atoms with Gasteiger partial charge in [0.25, 0.3) is 0 Å². The summed E-state index contributed by atoms with van der Waals surface area (Å²) in [5.41, 5.74) is 2.39. The lowest BCUT2D eigenvalue weighted by atomic mass is 10.0. The average molecular weight is 453 g/mol. The topological polar surface area (TPSA) is 106 Å². The number of rotatable bonds is 7. The van der Waals surface area contributed by atoms with E-state index in [-0.39, 0.29) is 6.42 Å². The maximum absolute atomic E-state index is 12.5. The minimum Gasteiger partial charge on any atom is -0.444 e. The zero-order chi connectivity index (χ0) is 23.1. The van der Waals surface area contributed by atoms with Gasteiger partial charge in [0.15, 0.2) is 5.82 Å². The van der Waals surface area contributed by atoms with Gasteiger partial charge in [-0.05, 0) is 60.0 Å². The summed E-state index contributed by atoms with van der Waals surface area (Å²) in [6, 6.07) is 17.2. The molecule has 1 aromatic heterocycles. The zero-order valence-corrected chi connectivity index (χ0v) is 19.0. The van der Waals surface area contributed by atoms with Crippen LogP contribution in [-0.2, 0) is 17.7 Å². The molecule has 3 aromatic rings. The Labute approximate surface area is 192 Å². The molecule has 1 atom stereocenters. The van der Waals surface area contributed by atoms with Crippen LogP contribution in [0.2, 0.25) is 5.02 Å². The van der Waals surface area contributed by atoms with Crippen LogP contribution in [0.15, 0.2) is 48.5 Å². The van der Waals surface area contributed by atoms with E-state index in [1.807, 2.05) is 48.5 Å². The van der Waals surface area contributed by atoms with Crippen LogP contribution < -0.4 is 5.32 Å². The third-order valence-corrected chi connectivity index (χ3v) is 4.78. The van der Waals surface area contributed by atoms with Crippen molar-refractivity contribution in [2.24, 2.45) is 0 Å². The number of nitriles is 1. The van der Waals surface area contributed by atoms with Gasteiger partial charge in [-0.2, -0.15) is 5.26 Å². The number of amides is 1. The lowest BCUT2D eigenvalue weighted by Gasteiger charge is -2.23. The molecular weight excluding hydrogens is 428 g/mol. The molecule has 0 bridgehead atoms. The van der Waals surface area contributed by atoms with E-state index < -0.39 is 17.7 Å². The number of nitrogens with zero attached hydrogens (tertiary/aromatic N) is 5. The van der Waals surface area contributed by atoms with Crippen LogP contribution in [0.5, 0.6) is 0 Å². The summed E-state index contributed by atoms with van der Waals surface area (Å²) in [5, 5.41) is 24.2. The van der Waals surface area contributed by atoms with Crippen LogP contribution in [0.3, 0.4) is 0 Å². The maximum Gasteiger partial charge on any atom is 0.408 e. The van der Waals surface area contributed by atoms with E-state index in [4.69, 9.17) is 21.6 Å². The molecule has 0 saturated carbocycles. The molecule has 1 unspecified atom stereocenters. The second kappa shape index (κ2) is 10.2. The first-order valence-electron chi connectivity index (χ1n) is 10.2. The molecule has 0 saturated heterocycles. The first-order chi connectivity index (χ1) is 15.2. The summed E-state index contributed by atoms with van der Waals surface area (Å²) in [7, 11) is 0. The van der Waals surface area contributed by atoms with E-state index in [0.29, 0.717) is 23.8 Å². The van der Waals surface area contributed by atoms with Gasteiger partial charge in [0, 0.05) is 11.4 Å². The Balaban J connectivity index is 1.83. The maximum atomic E-state index is 12.5. The van der Waals surface area contributed by atoms with E-state index in [1.165, 1.54) is 4.68 Å². The summed E-state index contributed by atoms with van der Waals surface area (Å²) in [6.07, 6.45) is 0.140. The van der Waals surface area contributed by atoms with E-state index in [2.05, 4.69) is 26.9 Å². The molecule has 0 aliphatic rings. The van der Waals surface area contributed by atoms with Crippen LogP contribution in [0.4, 0.5) is 4.79 Å². The lowest BCUT2D eigenvalue weighted by Crippen LogP contribution is -2.37. The number of halogens is 1. The van der Waals surface area contributed by atoms with Gasteiger partial charge in [0.2, 0.25) is 0 Å². The molecule has 0 radical (unpaired) electrons. The Morgan fingerprint density at radius 3 is 2.62 bits per heavy atom. The summed E-state index contributed by atoms with van der Waals surface area (Å²) in [6.45, 7) is 5.73. The quantitative estimate of drug-likeness (QED) is 0.556. The molecular formula is C23H25ClN6O2. The minimum atomic E-state index is -0.639. The highest BCUT2D eigenvalue weighted by atomic mass is 35.5. The number of hydrogen-bond acceptors (Lipinski definition) is 6. The molecule has 32 heavy (non-hydrogen) atoms. The van der Waals surface area contributed by atoms with E-state index >= 15 is 0 Å². The number of nitrogens with one attached hydrogen (secondary N) is 1. The molecule has 0 aliphatic carbocycles. The zero-order valence-electron chi connectivity index (χ0n) is 18.2. The Morgan fingerprint density at radius 2 is 1.97 bits per heavy atom. The highest BCUT2D eigenvalue weighted by molar-refractivity contribution is 6.30. The second-order valence-corrected chi connectivity index (χ2v) is 8.71. The first kappa shape index (κ1) is 23.2. The molecule has 9 heteroatoms. The van der Waals surface area contributed by atoms with Crippen molar-refractivity contribution in [2.45, 2.75) is 51.8 Å². The molecule has 3 rings (SSSR count). The molecule has 1 heterocycles. The van der Waals surface area contributed by atoms with Crippen molar-refractivity contribution in [3.8, 4) is 17.2 Å². The van der Waals surface area contributed by atoms with Crippen molar-refractivity contribution in [3.05, 3.63) is 64.9 Å². The third-order valence-electron chi connectivity index (χ3n) is 4.55. The van der Waals surface area contributed by atoms with Gasteiger partial charge in [0.1, 0.15) is 5.60 Å². The lowest BCUT2D eigenvalue weighted by molar-refractivity contribution is 0.0500. The largest absolute Gasteiger partial charge is 0.444 e. The number of alkyl carbamates (subject to hydrolysis) is 1. The van der Waals surface area contributed by atoms with Crippen LogP contribution >= 0.6 is 11.6 Å². The number of benzene rings is 2. The molecule has 166 valence electrons. The molecule has 0 fully saturated rings. The highest BCUT2D eigenvalue weighted by Gasteiger charge is 2.25. The molecule has 1 amide bonds. The van der Waals surface area contributed by atoms with Crippen molar-refractivity contribution in [1.29, 1.82) is 5.26 Å². The Morgan fingerprint density at radius 1 is 1.22 bits per heavy atom. The summed E-state index contributed by atoms with van der Waals surface area (Å²) in [4.78, 5) is 12.5. The monoisotopic (exact) mass is 452 g/mol. The summed E-state index contributed by atoms with van der Waals surface area (Å²) >= 11 is 6.10. The average Bonchev–Trinajstić information content (AvgIpc) is 3.19. The number of aryl methyl sites for hydroxylation is 1. The first-order valence-corrected chi connectivity index (χ1v) is 10.6. The third kappa shape index (κ3) is 6.53. The van der Waals surface area contributed by atoms with Gasteiger partial charge in [-0.15, -0.1) is 5.10 Å². The number of tetrazole rings is 1. The van der Waals surface area contributed by atoms with Gasteiger partial charge in [-0.25, -0.2) is 9.48 Å². The van der Waals surface area contributed by atoms with E-state index in [9.17, 15) is 4.79 Å². The molecule has 0 spiro atoms. The molecule has 2 aromatic carbocycles. The Kier molecular flexibility index (Phi) is 7.44. The van der Waals surface area contributed by atoms with Crippen LogP contribution in [0.25, 0.3) is 11.1 Å². The number of carbonyl (C=O) groups is 1. The van der Waals surface area contributed by atoms with Crippen LogP contribution in [-0.4, -0.2) is 31.9 Å². The smallest absolute Gasteiger partial charge is 0.408 e. The van der Waals surface area contributed by atoms with Gasteiger partial charge >= 0.3 is 6.09 Å². The fourth-order valence-electron chi connectivity index (χ4n) is 3.17. The minimum absolute atomic E-state index is 0.255. The van der Waals surface area contributed by atoms with Crippen molar-refractivity contribution < 1.29 is 9.53 Å². The number of ether oxygens (including phenoxy) is 1. The second-order valence-electron chi connectivity index (χ2n) is 8.28. The summed E-state index contributed by atoms with van der Waals surface area (Å²) in [5.74, 6) is 0.463. The fraction of sp³-hybridized carbons (Fsp3) is 0.348. The predicted molar refractivity (Wildman–Crippen MR) is 121 cm³/mol. The van der Waals surface area contributed by atoms with Crippen molar-refractivity contribution in [1.82, 2.24) is 25.5 Å². The standard InChI is InChI=1S/C23H25ClN6O2/c1-23(2,3)32-22(31)26-20(21-27-28-29-30(21)13-5-12-25)14-16-8-10-17(11-9-16)18-6-4-7-19(24)15-18/h4,6-11,15,20H,5,13-14H2,1-3H3,(H,26,31). The number of hydrogen-bond donors (Lipinski definition) is 1. The van der Waals surface area contributed by atoms with Gasteiger partial charge < -0.3 is 10.1 Å². The van der Waals surface area contributed by atoms with Crippen molar-refractivity contribution in [3.63, 3.8) is 0 Å². The molecule has 8 nitrogen and oxygen atoms in total. The fourth-order valence-corrected chi connectivity index (χ4v) is 3.36. The number of carbonyl (C=O) groups excluding carboxylic acids is 1. The van der Waals surface area contributed by atoms with Crippen LogP contribution in [0.1, 0.15) is 44.6 Å². The summed E-state index contributed by atoms with van der Waals surface area (Å²) < 4.78 is 6.95. The van der Waals surface area contributed by atoms with Gasteiger partial charge in [0.05, 0.1) is 25.1 Å². The van der Waals surface area contributed by atoms with E-state index in [0.717, 1.165) is 16.7 Å². The van der Waals surface area contributed by atoms with Gasteiger partial charge in [-0.3, -0.25) is 0 Å². The SMILES string of the molecule is CC(C)(C)OC(=O)NC(Cc1ccc(-c2cccc(Cl)c2)cc1)c1nnnn1CCC#N. The Hall–Kier alpha value is -3.44. The predicted octanol–water partition coefficient (Wildman–Crippen LogP) is 4.72. The van der Waals surface area contributed by atoms with E-state index in [1.54, 1.807) is 20.8 Å². The van der Waals surface area contributed by atoms with Gasteiger partial charge in [-0.1, -0.05) is 48.0 Å². The number of aromatic nitrogens is 4. The molecule has 0 aliphatic heterocycles. The van der Waals surface area contributed by atoms with Crippen LogP contribution in [0, 0.1) is 11.3 Å². The van der Waals surface area contributed by atoms with Crippen molar-refractivity contribution >= 4 is 17.7 Å². The highest BCUT2D eigenvalue weighted by Crippen LogP contribution is 2.25. The molecule has 1 N–H and O–H groups in total. The van der Waals surface area contributed by atoms with Crippen molar-refractivity contribution in [2.75, 3.05) is 0 Å². The Bertz CT molecular complexity index is 1100. The normalized spacial score (nSPS) is 12.1.